The Labute approximate surface area is 123 Å². The summed E-state index contributed by atoms with van der Waals surface area (Å²) in [5.74, 6) is 0.718. The lowest BCUT2D eigenvalue weighted by Crippen LogP contribution is -2.48. The van der Waals surface area contributed by atoms with Gasteiger partial charge in [0.25, 0.3) is 0 Å². The highest BCUT2D eigenvalue weighted by Crippen LogP contribution is 2.19. The van der Waals surface area contributed by atoms with E-state index in [1.807, 2.05) is 24.3 Å². The first-order valence-electron chi connectivity index (χ1n) is 7.28. The number of ether oxygens (including phenoxy) is 3. The van der Waals surface area contributed by atoms with Crippen LogP contribution in [0.25, 0.3) is 0 Å². The van der Waals surface area contributed by atoms with Gasteiger partial charge in [0.15, 0.2) is 0 Å². The molecule has 6 heteroatoms. The topological polar surface area (TPSA) is 68.8 Å². The lowest BCUT2D eigenvalue weighted by molar-refractivity contribution is -0.120. The van der Waals surface area contributed by atoms with Crippen molar-refractivity contribution >= 4 is 11.6 Å². The number of carbonyl (C=O) groups is 1. The van der Waals surface area contributed by atoms with Crippen molar-refractivity contribution in [2.45, 2.75) is 18.6 Å². The van der Waals surface area contributed by atoms with Gasteiger partial charge >= 0.3 is 0 Å². The number of hydrogen-bond donors (Lipinski definition) is 2. The van der Waals surface area contributed by atoms with Crippen LogP contribution in [0.3, 0.4) is 0 Å². The summed E-state index contributed by atoms with van der Waals surface area (Å²) >= 11 is 0. The Morgan fingerprint density at radius 3 is 2.67 bits per heavy atom. The van der Waals surface area contributed by atoms with Gasteiger partial charge in [-0.15, -0.1) is 0 Å². The Kier molecular flexibility index (Phi) is 4.69. The molecule has 1 aromatic rings. The number of nitrogens with one attached hydrogen (secondary N) is 2. The van der Waals surface area contributed by atoms with Gasteiger partial charge in [-0.05, 0) is 24.3 Å². The zero-order valence-electron chi connectivity index (χ0n) is 11.8. The van der Waals surface area contributed by atoms with Gasteiger partial charge in [-0.1, -0.05) is 0 Å². The summed E-state index contributed by atoms with van der Waals surface area (Å²) in [5, 5.41) is 5.99. The number of rotatable bonds is 4. The number of anilines is 1. The first-order valence-corrected chi connectivity index (χ1v) is 7.28. The summed E-state index contributed by atoms with van der Waals surface area (Å²) in [6.07, 6.45) is 1.06. The van der Waals surface area contributed by atoms with E-state index in [-0.39, 0.29) is 18.1 Å². The van der Waals surface area contributed by atoms with Crippen LogP contribution in [0, 0.1) is 0 Å². The van der Waals surface area contributed by atoms with Crippen molar-refractivity contribution < 1.29 is 19.0 Å². The van der Waals surface area contributed by atoms with E-state index in [1.165, 1.54) is 0 Å². The van der Waals surface area contributed by atoms with E-state index in [9.17, 15) is 4.79 Å². The van der Waals surface area contributed by atoms with E-state index in [1.54, 1.807) is 0 Å². The maximum absolute atomic E-state index is 12.0. The fraction of sp³-hybridized carbons (Fsp3) is 0.533. The van der Waals surface area contributed by atoms with Gasteiger partial charge in [-0.25, -0.2) is 0 Å². The van der Waals surface area contributed by atoms with Gasteiger partial charge in [-0.2, -0.15) is 0 Å². The van der Waals surface area contributed by atoms with Crippen molar-refractivity contribution in [3.63, 3.8) is 0 Å². The largest absolute Gasteiger partial charge is 0.488 e. The van der Waals surface area contributed by atoms with E-state index in [0.29, 0.717) is 26.4 Å². The molecule has 0 spiro atoms. The normalized spacial score (nSPS) is 25.5. The van der Waals surface area contributed by atoms with Gasteiger partial charge < -0.3 is 24.8 Å². The fourth-order valence-corrected chi connectivity index (χ4v) is 2.38. The van der Waals surface area contributed by atoms with Crippen LogP contribution >= 0.6 is 0 Å². The minimum Gasteiger partial charge on any atom is -0.488 e. The molecule has 2 saturated heterocycles. The summed E-state index contributed by atoms with van der Waals surface area (Å²) in [5.41, 5.74) is 0.752. The third kappa shape index (κ3) is 3.93. The molecule has 2 heterocycles. The molecule has 2 aliphatic rings. The Balaban J connectivity index is 1.52. The molecule has 1 amide bonds. The SMILES string of the molecule is O=C(Nc1ccc(OC2CCOC2)cc1)C1COCCN1. The second kappa shape index (κ2) is 6.89. The van der Waals surface area contributed by atoms with E-state index in [2.05, 4.69) is 10.6 Å². The Morgan fingerprint density at radius 2 is 2.00 bits per heavy atom. The molecular weight excluding hydrogens is 272 g/mol. The molecule has 114 valence electrons. The van der Waals surface area contributed by atoms with Gasteiger partial charge in [0.05, 0.1) is 26.4 Å². The highest BCUT2D eigenvalue weighted by Gasteiger charge is 2.21. The maximum Gasteiger partial charge on any atom is 0.243 e. The van der Waals surface area contributed by atoms with Crippen molar-refractivity contribution in [1.29, 1.82) is 0 Å². The van der Waals surface area contributed by atoms with Crippen molar-refractivity contribution in [1.82, 2.24) is 5.32 Å². The Hall–Kier alpha value is -1.63. The predicted molar refractivity (Wildman–Crippen MR) is 77.5 cm³/mol. The van der Waals surface area contributed by atoms with E-state index in [4.69, 9.17) is 14.2 Å². The van der Waals surface area contributed by atoms with Crippen molar-refractivity contribution in [3.05, 3.63) is 24.3 Å². The molecule has 2 atom stereocenters. The summed E-state index contributed by atoms with van der Waals surface area (Å²) < 4.78 is 16.3. The van der Waals surface area contributed by atoms with E-state index >= 15 is 0 Å². The minimum absolute atomic E-state index is 0.0763. The summed E-state index contributed by atoms with van der Waals surface area (Å²) in [6.45, 7) is 3.17. The van der Waals surface area contributed by atoms with Crippen molar-refractivity contribution in [2.75, 3.05) is 38.3 Å². The Bertz CT molecular complexity index is 465. The van der Waals surface area contributed by atoms with Crippen LogP contribution in [-0.4, -0.2) is 51.0 Å². The van der Waals surface area contributed by atoms with Crippen LogP contribution in [0.5, 0.6) is 5.75 Å². The molecule has 0 bridgehead atoms. The van der Waals surface area contributed by atoms with Crippen LogP contribution in [0.1, 0.15) is 6.42 Å². The molecule has 0 saturated carbocycles. The van der Waals surface area contributed by atoms with Gasteiger partial charge in [0.1, 0.15) is 17.9 Å². The molecule has 21 heavy (non-hydrogen) atoms. The molecule has 0 radical (unpaired) electrons. The smallest absolute Gasteiger partial charge is 0.243 e. The van der Waals surface area contributed by atoms with Crippen LogP contribution < -0.4 is 15.4 Å². The standard InChI is InChI=1S/C15H20N2O4/c18-15(14-10-20-8-6-16-14)17-11-1-3-12(4-2-11)21-13-5-7-19-9-13/h1-4,13-14,16H,5-10H2,(H,17,18). The maximum atomic E-state index is 12.0. The second-order valence-corrected chi connectivity index (χ2v) is 5.20. The fourth-order valence-electron chi connectivity index (χ4n) is 2.38. The number of morpholine rings is 1. The van der Waals surface area contributed by atoms with E-state index < -0.39 is 0 Å². The minimum atomic E-state index is -0.287. The first kappa shape index (κ1) is 14.3. The summed E-state index contributed by atoms with van der Waals surface area (Å²) in [6, 6.07) is 7.11. The predicted octanol–water partition coefficient (Wildman–Crippen LogP) is 0.781. The molecule has 0 aliphatic carbocycles. The highest BCUT2D eigenvalue weighted by atomic mass is 16.5. The molecule has 0 aromatic heterocycles. The van der Waals surface area contributed by atoms with Crippen LogP contribution in [0.4, 0.5) is 5.69 Å². The number of amides is 1. The summed E-state index contributed by atoms with van der Waals surface area (Å²) in [4.78, 5) is 12.0. The first-order chi connectivity index (χ1) is 10.3. The number of hydrogen-bond acceptors (Lipinski definition) is 5. The lowest BCUT2D eigenvalue weighted by Gasteiger charge is -2.22. The molecule has 2 N–H and O–H groups in total. The lowest BCUT2D eigenvalue weighted by atomic mass is 10.2. The second-order valence-electron chi connectivity index (χ2n) is 5.20. The quantitative estimate of drug-likeness (QED) is 0.858. The molecule has 1 aromatic carbocycles. The summed E-state index contributed by atoms with van der Waals surface area (Å²) in [7, 11) is 0. The van der Waals surface area contributed by atoms with Crippen molar-refractivity contribution in [2.24, 2.45) is 0 Å². The molecule has 2 unspecified atom stereocenters. The van der Waals surface area contributed by atoms with Crippen LogP contribution in [-0.2, 0) is 14.3 Å². The third-order valence-corrected chi connectivity index (χ3v) is 3.55. The van der Waals surface area contributed by atoms with Crippen LogP contribution in [0.2, 0.25) is 0 Å². The average molecular weight is 292 g/mol. The monoisotopic (exact) mass is 292 g/mol. The Morgan fingerprint density at radius 1 is 1.19 bits per heavy atom. The zero-order valence-corrected chi connectivity index (χ0v) is 11.8. The zero-order chi connectivity index (χ0) is 14.5. The third-order valence-electron chi connectivity index (χ3n) is 3.55. The average Bonchev–Trinajstić information content (AvgIpc) is 3.03. The van der Waals surface area contributed by atoms with Crippen LogP contribution in [0.15, 0.2) is 24.3 Å². The number of benzene rings is 1. The highest BCUT2D eigenvalue weighted by molar-refractivity contribution is 5.95. The molecule has 3 rings (SSSR count). The number of carbonyl (C=O) groups excluding carboxylic acids is 1. The van der Waals surface area contributed by atoms with E-state index in [0.717, 1.165) is 24.5 Å². The molecule has 2 fully saturated rings. The molecule has 2 aliphatic heterocycles. The van der Waals surface area contributed by atoms with Gasteiger partial charge in [0.2, 0.25) is 5.91 Å². The molecular formula is C15H20N2O4. The van der Waals surface area contributed by atoms with Crippen molar-refractivity contribution in [3.8, 4) is 5.75 Å². The van der Waals surface area contributed by atoms with Gasteiger partial charge in [-0.3, -0.25) is 4.79 Å². The van der Waals surface area contributed by atoms with Gasteiger partial charge in [0, 0.05) is 18.7 Å². The molecule has 6 nitrogen and oxygen atoms in total.